The number of rotatable bonds is 14. The quantitative estimate of drug-likeness (QED) is 0.0811. The van der Waals surface area contributed by atoms with Crippen molar-refractivity contribution in [1.29, 1.82) is 0 Å². The number of likely N-dealkylation sites (N-methyl/N-ethyl adjacent to an activating group) is 1. The molecule has 1 aliphatic heterocycles. The molecular formula is C30H51BN6O12. The summed E-state index contributed by atoms with van der Waals surface area (Å²) in [4.78, 5) is 69.4. The Hall–Kier alpha value is -4.24. The number of nitrogens with two attached hydrogens (primary N) is 1. The molecule has 18 nitrogen and oxygen atoms in total. The van der Waals surface area contributed by atoms with E-state index in [1.807, 2.05) is 13.6 Å². The molecule has 1 fully saturated rings. The SMILES string of the molecule is C=C(C)N[C@@H](CC)C(=O)NC(C(=O)N1C[C@H](O)CC1C(=O)NC(C(=O)NC)C(O)C(O)c1ccc(B(O)O)cc1)[C@@H](C)O.C=O.C=O.CN. The Labute approximate surface area is 285 Å². The Bertz CT molecular complexity index is 1190. The third kappa shape index (κ3) is 14.0. The van der Waals surface area contributed by atoms with Crippen LogP contribution in [0.3, 0.4) is 0 Å². The summed E-state index contributed by atoms with van der Waals surface area (Å²) in [5.41, 5.74) is 5.24. The Morgan fingerprint density at radius 2 is 1.49 bits per heavy atom. The number of hydrogen-bond acceptors (Lipinski definition) is 14. The molecule has 8 atom stereocenters. The van der Waals surface area contributed by atoms with E-state index in [0.29, 0.717) is 12.1 Å². The zero-order chi connectivity index (χ0) is 38.6. The van der Waals surface area contributed by atoms with Crippen molar-refractivity contribution in [2.45, 2.75) is 82.2 Å². The molecule has 0 bridgehead atoms. The first-order valence-corrected chi connectivity index (χ1v) is 15.0. The van der Waals surface area contributed by atoms with Gasteiger partial charge in [0.05, 0.1) is 12.2 Å². The second-order valence-electron chi connectivity index (χ2n) is 10.6. The van der Waals surface area contributed by atoms with Crippen molar-refractivity contribution in [3.05, 3.63) is 42.1 Å². The summed E-state index contributed by atoms with van der Waals surface area (Å²) in [5.74, 6) is -3.25. The van der Waals surface area contributed by atoms with Gasteiger partial charge in [0, 0.05) is 25.7 Å². The van der Waals surface area contributed by atoms with E-state index in [4.69, 9.17) is 9.59 Å². The van der Waals surface area contributed by atoms with Crippen molar-refractivity contribution in [2.75, 3.05) is 20.6 Å². The van der Waals surface area contributed by atoms with Crippen molar-refractivity contribution >= 4 is 49.8 Å². The number of hydrogen-bond donors (Lipinski definition) is 11. The number of nitrogens with zero attached hydrogens (tertiary/aromatic N) is 1. The molecular weight excluding hydrogens is 647 g/mol. The van der Waals surface area contributed by atoms with Gasteiger partial charge in [-0.25, -0.2) is 0 Å². The van der Waals surface area contributed by atoms with E-state index in [1.54, 1.807) is 13.8 Å². The number of likely N-dealkylation sites (tertiary alicyclic amines) is 1. The molecule has 49 heavy (non-hydrogen) atoms. The van der Waals surface area contributed by atoms with E-state index in [2.05, 4.69) is 33.6 Å². The molecule has 276 valence electrons. The first-order valence-electron chi connectivity index (χ1n) is 15.0. The van der Waals surface area contributed by atoms with Crippen LogP contribution in [-0.4, -0.2) is 143 Å². The largest absolute Gasteiger partial charge is 0.488 e. The van der Waals surface area contributed by atoms with Crippen LogP contribution >= 0.6 is 0 Å². The summed E-state index contributed by atoms with van der Waals surface area (Å²) in [6, 6.07) is -0.0908. The lowest BCUT2D eigenvalue weighted by atomic mass is 9.79. The Morgan fingerprint density at radius 3 is 1.92 bits per heavy atom. The zero-order valence-electron chi connectivity index (χ0n) is 28.4. The van der Waals surface area contributed by atoms with Gasteiger partial charge in [-0.2, -0.15) is 0 Å². The second kappa shape index (κ2) is 24.0. The maximum atomic E-state index is 13.5. The summed E-state index contributed by atoms with van der Waals surface area (Å²) in [7, 11) is 0.985. The molecule has 0 saturated carbocycles. The first kappa shape index (κ1) is 46.9. The molecule has 1 aliphatic rings. The van der Waals surface area contributed by atoms with Gasteiger partial charge in [-0.15, -0.1) is 0 Å². The predicted octanol–water partition coefficient (Wildman–Crippen LogP) is -5.07. The van der Waals surface area contributed by atoms with Crippen molar-refractivity contribution in [1.82, 2.24) is 26.2 Å². The van der Waals surface area contributed by atoms with E-state index in [-0.39, 0.29) is 24.0 Å². The third-order valence-electron chi connectivity index (χ3n) is 7.12. The van der Waals surface area contributed by atoms with Gasteiger partial charge in [-0.3, -0.25) is 19.2 Å². The molecule has 4 amide bonds. The van der Waals surface area contributed by atoms with Crippen LogP contribution in [0.2, 0.25) is 0 Å². The molecule has 5 unspecified atom stereocenters. The maximum absolute atomic E-state index is 13.5. The molecule has 1 aromatic carbocycles. The highest BCUT2D eigenvalue weighted by Crippen LogP contribution is 2.23. The average Bonchev–Trinajstić information content (AvgIpc) is 3.51. The van der Waals surface area contributed by atoms with Crippen molar-refractivity contribution in [3.63, 3.8) is 0 Å². The van der Waals surface area contributed by atoms with E-state index in [1.165, 1.54) is 45.3 Å². The molecule has 1 saturated heterocycles. The van der Waals surface area contributed by atoms with Gasteiger partial charge >= 0.3 is 7.12 Å². The van der Waals surface area contributed by atoms with Gasteiger partial charge in [0.15, 0.2) is 0 Å². The fourth-order valence-corrected chi connectivity index (χ4v) is 4.73. The van der Waals surface area contributed by atoms with Gasteiger partial charge < -0.3 is 72.0 Å². The van der Waals surface area contributed by atoms with Crippen LogP contribution in [0.5, 0.6) is 0 Å². The number of aliphatic hydroxyl groups is 4. The van der Waals surface area contributed by atoms with Gasteiger partial charge in [-0.05, 0) is 38.3 Å². The predicted molar refractivity (Wildman–Crippen MR) is 179 cm³/mol. The molecule has 12 N–H and O–H groups in total. The molecule has 1 aromatic rings. The summed E-state index contributed by atoms with van der Waals surface area (Å²) >= 11 is 0. The van der Waals surface area contributed by atoms with E-state index in [0.717, 1.165) is 4.90 Å². The number of carbonyl (C=O) groups excluding carboxylic acids is 6. The number of amides is 4. The number of aliphatic hydroxyl groups excluding tert-OH is 4. The Kier molecular flexibility index (Phi) is 23.0. The van der Waals surface area contributed by atoms with Gasteiger partial charge in [-0.1, -0.05) is 37.8 Å². The monoisotopic (exact) mass is 698 g/mol. The molecule has 19 heteroatoms. The summed E-state index contributed by atoms with van der Waals surface area (Å²) in [6.45, 7) is 12.1. The number of β-amino-alcohol motifs (C(OH)–C–C–N with tert-alkyl or cyclic N) is 1. The molecule has 2 rings (SSSR count). The topological polar surface area (TPSA) is 301 Å². The van der Waals surface area contributed by atoms with Crippen LogP contribution in [0.1, 0.15) is 45.3 Å². The van der Waals surface area contributed by atoms with Crippen LogP contribution in [-0.2, 0) is 28.8 Å². The molecule has 0 aliphatic carbocycles. The lowest BCUT2D eigenvalue weighted by Gasteiger charge is -2.32. The summed E-state index contributed by atoms with van der Waals surface area (Å²) < 4.78 is 0. The Balaban J connectivity index is 0. The van der Waals surface area contributed by atoms with Crippen LogP contribution < -0.4 is 32.5 Å². The van der Waals surface area contributed by atoms with Gasteiger partial charge in [0.2, 0.25) is 23.6 Å². The fraction of sp³-hybridized carbons (Fsp3) is 0.533. The second-order valence-corrected chi connectivity index (χ2v) is 10.6. The van der Waals surface area contributed by atoms with Crippen LogP contribution in [0.4, 0.5) is 0 Å². The number of allylic oxidation sites excluding steroid dienone is 1. The smallest absolute Gasteiger partial charge is 0.423 e. The van der Waals surface area contributed by atoms with Gasteiger partial charge in [0.1, 0.15) is 50.0 Å². The van der Waals surface area contributed by atoms with E-state index in [9.17, 15) is 49.7 Å². The molecule has 0 aromatic heterocycles. The van der Waals surface area contributed by atoms with E-state index < -0.39 is 79.3 Å². The fourth-order valence-electron chi connectivity index (χ4n) is 4.73. The number of nitrogens with one attached hydrogen (secondary N) is 4. The summed E-state index contributed by atoms with van der Waals surface area (Å²) in [5, 5.41) is 70.8. The van der Waals surface area contributed by atoms with Crippen molar-refractivity contribution in [3.8, 4) is 0 Å². The summed E-state index contributed by atoms with van der Waals surface area (Å²) in [6.07, 6.45) is -6.01. The van der Waals surface area contributed by atoms with Crippen LogP contribution in [0.15, 0.2) is 36.5 Å². The number of carbonyl (C=O) groups is 6. The van der Waals surface area contributed by atoms with E-state index >= 15 is 0 Å². The zero-order valence-corrected chi connectivity index (χ0v) is 28.4. The molecule has 0 radical (unpaired) electrons. The lowest BCUT2D eigenvalue weighted by Crippen LogP contribution is -2.61. The van der Waals surface area contributed by atoms with Crippen LogP contribution in [0.25, 0.3) is 0 Å². The minimum Gasteiger partial charge on any atom is -0.423 e. The highest BCUT2D eigenvalue weighted by atomic mass is 16.4. The Morgan fingerprint density at radius 1 is 0.959 bits per heavy atom. The van der Waals surface area contributed by atoms with Crippen LogP contribution in [0, 0.1) is 0 Å². The average molecular weight is 699 g/mol. The van der Waals surface area contributed by atoms with Crippen molar-refractivity contribution < 1.29 is 59.2 Å². The minimum absolute atomic E-state index is 0.107. The highest BCUT2D eigenvalue weighted by Gasteiger charge is 2.45. The van der Waals surface area contributed by atoms with Gasteiger partial charge in [0.25, 0.3) is 0 Å². The number of benzene rings is 1. The lowest BCUT2D eigenvalue weighted by molar-refractivity contribution is -0.145. The highest BCUT2D eigenvalue weighted by molar-refractivity contribution is 6.58. The minimum atomic E-state index is -1.89. The molecule has 0 spiro atoms. The standard InChI is InChI=1S/C27H42BN5O10.CH5N.2CH2O/c1-6-18(30-13(2)3)24(38)31-20(14(4)34)27(41)33-12-17(35)11-19(33)25(39)32-21(26(40)29-5)23(37)22(36)15-7-9-16(10-8-15)28(42)43;3*1-2/h7-10,14,17-23,30,34-37,42-43H,2,6,11-12H2,1,3-5H3,(H,29,40)(H,31,38)(H,32,39);2H2,1H3;2*1H2/t14-,17-,18+,19?,20?,21?,22?,23?;;;/m1.../s1. The first-order chi connectivity index (χ1) is 23.1. The maximum Gasteiger partial charge on any atom is 0.488 e. The van der Waals surface area contributed by atoms with Crippen molar-refractivity contribution in [2.24, 2.45) is 5.73 Å². The third-order valence-corrected chi connectivity index (χ3v) is 7.12. The molecule has 1 heterocycles. The normalized spacial score (nSPS) is 18.3.